The van der Waals surface area contributed by atoms with Crippen molar-refractivity contribution in [2.75, 3.05) is 20.3 Å². The van der Waals surface area contributed by atoms with Gasteiger partial charge in [0.1, 0.15) is 6.61 Å². The molecule has 0 radical (unpaired) electrons. The lowest BCUT2D eigenvalue weighted by Crippen LogP contribution is -2.54. The molecule has 0 spiro atoms. The van der Waals surface area contributed by atoms with E-state index < -0.39 is 18.2 Å². The van der Waals surface area contributed by atoms with E-state index in [1.165, 1.54) is 7.11 Å². The summed E-state index contributed by atoms with van der Waals surface area (Å²) in [5.41, 5.74) is 4.57. The number of methoxy groups -OCH3 is 1. The van der Waals surface area contributed by atoms with Crippen LogP contribution in [0.3, 0.4) is 0 Å². The second-order valence-corrected chi connectivity index (χ2v) is 9.71. The Kier molecular flexibility index (Phi) is 6.47. The second kappa shape index (κ2) is 9.70. The zero-order valence-electron chi connectivity index (χ0n) is 19.6. The van der Waals surface area contributed by atoms with E-state index in [9.17, 15) is 19.5 Å². The summed E-state index contributed by atoms with van der Waals surface area (Å²) in [5, 5.41) is 14.9. The molecule has 2 aromatic rings. The zero-order chi connectivity index (χ0) is 24.5. The number of carboxylic acids is 1. The van der Waals surface area contributed by atoms with Gasteiger partial charge in [0.05, 0.1) is 12.5 Å². The van der Waals surface area contributed by atoms with Crippen LogP contribution in [0.2, 0.25) is 0 Å². The molecule has 0 saturated heterocycles. The lowest BCUT2D eigenvalue weighted by Gasteiger charge is -2.41. The van der Waals surface area contributed by atoms with Gasteiger partial charge in [-0.05, 0) is 53.4 Å². The molecule has 5 atom stereocenters. The van der Waals surface area contributed by atoms with Gasteiger partial charge in [-0.1, -0.05) is 48.5 Å². The Balaban J connectivity index is 1.11. The van der Waals surface area contributed by atoms with Crippen LogP contribution in [0.4, 0.5) is 4.79 Å². The smallest absolute Gasteiger partial charge is 0.407 e. The highest BCUT2D eigenvalue weighted by Gasteiger charge is 2.50. The molecule has 3 N–H and O–H groups in total. The van der Waals surface area contributed by atoms with E-state index in [1.807, 2.05) is 24.3 Å². The second-order valence-electron chi connectivity index (χ2n) is 9.71. The Morgan fingerprint density at radius 3 is 2.29 bits per heavy atom. The van der Waals surface area contributed by atoms with Crippen LogP contribution in [-0.2, 0) is 19.1 Å². The van der Waals surface area contributed by atoms with E-state index in [0.717, 1.165) is 28.7 Å². The largest absolute Gasteiger partial charge is 0.481 e. The Labute approximate surface area is 204 Å². The first kappa shape index (κ1) is 23.4. The van der Waals surface area contributed by atoms with Crippen molar-refractivity contribution in [2.45, 2.75) is 37.3 Å². The number of aliphatic carboxylic acids is 1. The number of hydrogen-bond donors (Lipinski definition) is 3. The summed E-state index contributed by atoms with van der Waals surface area (Å²) in [6.07, 6.45) is 0.609. The van der Waals surface area contributed by atoms with Crippen LogP contribution in [0.1, 0.15) is 36.3 Å². The van der Waals surface area contributed by atoms with E-state index in [0.29, 0.717) is 18.8 Å². The minimum absolute atomic E-state index is 0.0163. The van der Waals surface area contributed by atoms with Crippen LogP contribution in [0.5, 0.6) is 0 Å². The molecule has 2 unspecified atom stereocenters. The number of carbonyl (C=O) groups is 3. The molecule has 3 aliphatic carbocycles. The van der Waals surface area contributed by atoms with E-state index >= 15 is 0 Å². The molecule has 2 aromatic carbocycles. The van der Waals surface area contributed by atoms with Crippen molar-refractivity contribution < 1.29 is 29.0 Å². The highest BCUT2D eigenvalue weighted by atomic mass is 16.5. The normalized spacial score (nSPS) is 24.9. The summed E-state index contributed by atoms with van der Waals surface area (Å²) >= 11 is 0. The highest BCUT2D eigenvalue weighted by Crippen LogP contribution is 2.49. The quantitative estimate of drug-likeness (QED) is 0.537. The average Bonchev–Trinajstić information content (AvgIpc) is 3.37. The summed E-state index contributed by atoms with van der Waals surface area (Å²) in [5.74, 6) is -0.864. The monoisotopic (exact) mass is 478 g/mol. The standard InChI is InChI=1S/C27H30N2O6/c1-34-24(25(30)29-23-12-15-10-16(26(31)32)11-21(15)23)13-28-27(33)35-14-22-19-8-4-2-6-17(19)18-7-3-5-9-20(18)22/h2-9,15-16,21-24H,10-14H2,1H3,(H,28,33)(H,29,30)(H,31,32)/t15-,16?,21-,23+,24?/m1/s1. The molecule has 2 saturated carbocycles. The minimum Gasteiger partial charge on any atom is -0.481 e. The van der Waals surface area contributed by atoms with Crippen LogP contribution in [0, 0.1) is 17.8 Å². The van der Waals surface area contributed by atoms with Crippen molar-refractivity contribution in [1.82, 2.24) is 10.6 Å². The molecule has 3 aliphatic rings. The van der Waals surface area contributed by atoms with Gasteiger partial charge in [-0.2, -0.15) is 0 Å². The molecule has 2 fully saturated rings. The molecule has 35 heavy (non-hydrogen) atoms. The van der Waals surface area contributed by atoms with E-state index in [4.69, 9.17) is 9.47 Å². The number of carboxylic acid groups (broad SMARTS) is 1. The molecule has 8 nitrogen and oxygen atoms in total. The number of ether oxygens (including phenoxy) is 2. The average molecular weight is 479 g/mol. The summed E-state index contributed by atoms with van der Waals surface area (Å²) < 4.78 is 10.8. The number of fused-ring (bicyclic) bond motifs is 4. The third-order valence-electron chi connectivity index (χ3n) is 7.85. The van der Waals surface area contributed by atoms with Crippen molar-refractivity contribution in [3.05, 3.63) is 59.7 Å². The third-order valence-corrected chi connectivity index (χ3v) is 7.85. The van der Waals surface area contributed by atoms with Crippen LogP contribution in [-0.4, -0.2) is 55.5 Å². The Hall–Kier alpha value is -3.39. The minimum atomic E-state index is -0.855. The Morgan fingerprint density at radius 2 is 1.66 bits per heavy atom. The van der Waals surface area contributed by atoms with Crippen molar-refractivity contribution in [1.29, 1.82) is 0 Å². The maximum absolute atomic E-state index is 12.7. The first-order valence-corrected chi connectivity index (χ1v) is 12.1. The molecular weight excluding hydrogens is 448 g/mol. The molecule has 0 aromatic heterocycles. The molecule has 0 aliphatic heterocycles. The van der Waals surface area contributed by atoms with Gasteiger partial charge >= 0.3 is 12.1 Å². The van der Waals surface area contributed by atoms with Crippen LogP contribution < -0.4 is 10.6 Å². The van der Waals surface area contributed by atoms with Gasteiger partial charge in [-0.3, -0.25) is 9.59 Å². The summed E-state index contributed by atoms with van der Waals surface area (Å²) in [6.45, 7) is 0.178. The molecule has 184 valence electrons. The van der Waals surface area contributed by atoms with E-state index in [1.54, 1.807) is 0 Å². The first-order chi connectivity index (χ1) is 17.0. The number of nitrogens with one attached hydrogen (secondary N) is 2. The van der Waals surface area contributed by atoms with Gasteiger partial charge in [-0.25, -0.2) is 4.79 Å². The molecule has 0 bridgehead atoms. The molecule has 2 amide bonds. The van der Waals surface area contributed by atoms with E-state index in [2.05, 4.69) is 34.9 Å². The third kappa shape index (κ3) is 4.50. The Morgan fingerprint density at radius 1 is 1.00 bits per heavy atom. The number of amides is 2. The predicted octanol–water partition coefficient (Wildman–Crippen LogP) is 3.16. The van der Waals surface area contributed by atoms with Gasteiger partial charge in [0.2, 0.25) is 0 Å². The number of alkyl carbamates (subject to hydrolysis) is 1. The van der Waals surface area contributed by atoms with E-state index in [-0.39, 0.29) is 42.9 Å². The SMILES string of the molecule is COC(CNC(=O)OCC1c2ccccc2-c2ccccc21)C(=O)N[C@H]1C[C@H]2CC(C(=O)O)C[C@H]21. The Bertz CT molecular complexity index is 1090. The van der Waals surface area contributed by atoms with Crippen LogP contribution in [0.25, 0.3) is 11.1 Å². The maximum Gasteiger partial charge on any atom is 0.407 e. The molecule has 5 rings (SSSR count). The van der Waals surface area contributed by atoms with Gasteiger partial charge in [0.25, 0.3) is 5.91 Å². The number of hydrogen-bond acceptors (Lipinski definition) is 5. The number of rotatable bonds is 8. The van der Waals surface area contributed by atoms with Crippen molar-refractivity contribution >= 4 is 18.0 Å². The summed E-state index contributed by atoms with van der Waals surface area (Å²) in [4.78, 5) is 36.4. The fourth-order valence-electron chi connectivity index (χ4n) is 5.98. The lowest BCUT2D eigenvalue weighted by atomic mass is 9.71. The first-order valence-electron chi connectivity index (χ1n) is 12.1. The molecular formula is C27H30N2O6. The van der Waals surface area contributed by atoms with Gasteiger partial charge in [0.15, 0.2) is 6.10 Å². The van der Waals surface area contributed by atoms with Crippen molar-refractivity contribution in [2.24, 2.45) is 17.8 Å². The molecule has 8 heteroatoms. The molecule has 0 heterocycles. The predicted molar refractivity (Wildman–Crippen MR) is 128 cm³/mol. The highest BCUT2D eigenvalue weighted by molar-refractivity contribution is 5.82. The van der Waals surface area contributed by atoms with Crippen LogP contribution >= 0.6 is 0 Å². The summed E-state index contributed by atoms with van der Waals surface area (Å²) in [7, 11) is 1.42. The fraction of sp³-hybridized carbons (Fsp3) is 0.444. The lowest BCUT2D eigenvalue weighted by molar-refractivity contribution is -0.141. The summed E-state index contributed by atoms with van der Waals surface area (Å²) in [6, 6.07) is 16.2. The van der Waals surface area contributed by atoms with Crippen LogP contribution in [0.15, 0.2) is 48.5 Å². The fourth-order valence-corrected chi connectivity index (χ4v) is 5.98. The maximum atomic E-state index is 12.7. The van der Waals surface area contributed by atoms with Crippen molar-refractivity contribution in [3.8, 4) is 11.1 Å². The number of benzene rings is 2. The van der Waals surface area contributed by atoms with Crippen molar-refractivity contribution in [3.63, 3.8) is 0 Å². The number of carbonyl (C=O) groups excluding carboxylic acids is 2. The van der Waals surface area contributed by atoms with Gasteiger partial charge in [0, 0.05) is 19.1 Å². The topological polar surface area (TPSA) is 114 Å². The van der Waals surface area contributed by atoms with Gasteiger partial charge in [-0.15, -0.1) is 0 Å². The van der Waals surface area contributed by atoms with Gasteiger partial charge < -0.3 is 25.2 Å². The zero-order valence-corrected chi connectivity index (χ0v) is 19.6.